The molecule has 1 amide bonds. The first kappa shape index (κ1) is 13.5. The summed E-state index contributed by atoms with van der Waals surface area (Å²) in [5.41, 5.74) is 0.481. The highest BCUT2D eigenvalue weighted by molar-refractivity contribution is 6.35. The maximum Gasteiger partial charge on any atom is 0.263 e. The van der Waals surface area contributed by atoms with E-state index in [4.69, 9.17) is 27.9 Å². The molecular formula is C12H13Cl2NO3. The Morgan fingerprint density at radius 3 is 2.78 bits per heavy atom. The lowest BCUT2D eigenvalue weighted by Crippen LogP contribution is -2.29. The van der Waals surface area contributed by atoms with Gasteiger partial charge in [-0.3, -0.25) is 4.79 Å². The summed E-state index contributed by atoms with van der Waals surface area (Å²) in [7, 11) is 1.72. The Hall–Kier alpha value is -0.970. The smallest absolute Gasteiger partial charge is 0.263 e. The largest absolute Gasteiger partial charge is 0.479 e. The van der Waals surface area contributed by atoms with Crippen molar-refractivity contribution in [1.29, 1.82) is 0 Å². The highest BCUT2D eigenvalue weighted by Crippen LogP contribution is 2.34. The van der Waals surface area contributed by atoms with Crippen molar-refractivity contribution in [2.75, 3.05) is 13.6 Å². The first-order valence-electron chi connectivity index (χ1n) is 5.53. The van der Waals surface area contributed by atoms with Crippen molar-refractivity contribution in [3.63, 3.8) is 0 Å². The Balaban J connectivity index is 2.26. The maximum absolute atomic E-state index is 11.8. The molecule has 1 saturated heterocycles. The van der Waals surface area contributed by atoms with Gasteiger partial charge in [0.2, 0.25) is 0 Å². The molecule has 0 aromatic heterocycles. The highest BCUT2D eigenvalue weighted by Gasteiger charge is 2.31. The fourth-order valence-electron chi connectivity index (χ4n) is 1.91. The first-order valence-corrected chi connectivity index (χ1v) is 6.29. The number of rotatable bonds is 3. The molecule has 1 aromatic carbocycles. The zero-order valence-corrected chi connectivity index (χ0v) is 11.3. The van der Waals surface area contributed by atoms with Crippen LogP contribution in [0, 0.1) is 0 Å². The molecule has 98 valence electrons. The lowest BCUT2D eigenvalue weighted by Gasteiger charge is -2.16. The third kappa shape index (κ3) is 2.55. The molecule has 6 heteroatoms. The number of hydrogen-bond acceptors (Lipinski definition) is 3. The van der Waals surface area contributed by atoms with Crippen molar-refractivity contribution in [3.8, 4) is 5.75 Å². The summed E-state index contributed by atoms with van der Waals surface area (Å²) >= 11 is 11.9. The van der Waals surface area contributed by atoms with Crippen LogP contribution in [0.25, 0.3) is 0 Å². The van der Waals surface area contributed by atoms with Gasteiger partial charge in [0.1, 0.15) is 5.75 Å². The first-order chi connectivity index (χ1) is 8.52. The van der Waals surface area contributed by atoms with Crippen LogP contribution in [0.3, 0.4) is 0 Å². The van der Waals surface area contributed by atoms with Crippen molar-refractivity contribution in [3.05, 3.63) is 27.7 Å². The number of carbonyl (C=O) groups is 1. The average molecular weight is 290 g/mol. The van der Waals surface area contributed by atoms with E-state index in [-0.39, 0.29) is 12.5 Å². The normalized spacial score (nSPS) is 19.4. The quantitative estimate of drug-likeness (QED) is 0.927. The SMILES string of the molecule is CN1CCC(Oc2c(Cl)cc(Cl)cc2CO)C1=O. The number of nitrogens with zero attached hydrogens (tertiary/aromatic N) is 1. The van der Waals surface area contributed by atoms with Crippen LogP contribution in [0.2, 0.25) is 10.0 Å². The lowest BCUT2D eigenvalue weighted by atomic mass is 10.2. The molecule has 1 aromatic rings. The summed E-state index contributed by atoms with van der Waals surface area (Å²) in [5, 5.41) is 9.99. The van der Waals surface area contributed by atoms with Gasteiger partial charge in [-0.2, -0.15) is 0 Å². The second-order valence-corrected chi connectivity index (χ2v) is 5.03. The van der Waals surface area contributed by atoms with Crippen molar-refractivity contribution in [2.24, 2.45) is 0 Å². The molecule has 1 atom stereocenters. The van der Waals surface area contributed by atoms with Crippen LogP contribution >= 0.6 is 23.2 Å². The van der Waals surface area contributed by atoms with E-state index < -0.39 is 6.10 Å². The Bertz CT molecular complexity index is 479. The number of benzene rings is 1. The van der Waals surface area contributed by atoms with Gasteiger partial charge in [-0.25, -0.2) is 0 Å². The monoisotopic (exact) mass is 289 g/mol. The van der Waals surface area contributed by atoms with Gasteiger partial charge in [0.15, 0.2) is 6.10 Å². The lowest BCUT2D eigenvalue weighted by molar-refractivity contribution is -0.132. The number of aliphatic hydroxyl groups excluding tert-OH is 1. The molecule has 0 saturated carbocycles. The van der Waals surface area contributed by atoms with Gasteiger partial charge in [-0.05, 0) is 12.1 Å². The van der Waals surface area contributed by atoms with Gasteiger partial charge in [-0.15, -0.1) is 0 Å². The number of aliphatic hydroxyl groups is 1. The van der Waals surface area contributed by atoms with E-state index in [1.807, 2.05) is 0 Å². The van der Waals surface area contributed by atoms with Crippen molar-refractivity contribution in [1.82, 2.24) is 4.90 Å². The molecule has 0 spiro atoms. The zero-order valence-electron chi connectivity index (χ0n) is 9.82. The predicted molar refractivity (Wildman–Crippen MR) is 69.1 cm³/mol. The van der Waals surface area contributed by atoms with Crippen molar-refractivity contribution < 1.29 is 14.6 Å². The van der Waals surface area contributed by atoms with Crippen LogP contribution in [0.4, 0.5) is 0 Å². The number of ether oxygens (including phenoxy) is 1. The molecule has 0 bridgehead atoms. The summed E-state index contributed by atoms with van der Waals surface area (Å²) in [5.74, 6) is 0.252. The Morgan fingerprint density at radius 2 is 2.22 bits per heavy atom. The van der Waals surface area contributed by atoms with Crippen LogP contribution in [0.1, 0.15) is 12.0 Å². The summed E-state index contributed by atoms with van der Waals surface area (Å²) in [6.45, 7) is 0.412. The summed E-state index contributed by atoms with van der Waals surface area (Å²) in [4.78, 5) is 13.4. The number of likely N-dealkylation sites (N-methyl/N-ethyl adjacent to an activating group) is 1. The molecule has 1 N–H and O–H groups in total. The zero-order chi connectivity index (χ0) is 13.3. The molecule has 1 heterocycles. The molecule has 1 fully saturated rings. The fraction of sp³-hybridized carbons (Fsp3) is 0.417. The van der Waals surface area contributed by atoms with Crippen LogP contribution in [-0.2, 0) is 11.4 Å². The van der Waals surface area contributed by atoms with Gasteiger partial charge in [0, 0.05) is 30.6 Å². The predicted octanol–water partition coefficient (Wildman–Crippen LogP) is 2.10. The van der Waals surface area contributed by atoms with Crippen molar-refractivity contribution >= 4 is 29.1 Å². The minimum absolute atomic E-state index is 0.0788. The second kappa shape index (κ2) is 5.34. The third-order valence-electron chi connectivity index (χ3n) is 2.89. The minimum atomic E-state index is -0.543. The maximum atomic E-state index is 11.8. The van der Waals surface area contributed by atoms with E-state index in [1.165, 1.54) is 6.07 Å². The van der Waals surface area contributed by atoms with E-state index >= 15 is 0 Å². The number of amides is 1. The molecule has 18 heavy (non-hydrogen) atoms. The van der Waals surface area contributed by atoms with E-state index in [2.05, 4.69) is 0 Å². The topological polar surface area (TPSA) is 49.8 Å². The average Bonchev–Trinajstić information content (AvgIpc) is 2.63. The van der Waals surface area contributed by atoms with Crippen LogP contribution in [-0.4, -0.2) is 35.6 Å². The number of carbonyl (C=O) groups excluding carboxylic acids is 1. The fourth-order valence-corrected chi connectivity index (χ4v) is 2.49. The number of likely N-dealkylation sites (tertiary alicyclic amines) is 1. The Morgan fingerprint density at radius 1 is 1.50 bits per heavy atom. The van der Waals surface area contributed by atoms with Gasteiger partial charge in [-0.1, -0.05) is 23.2 Å². The van der Waals surface area contributed by atoms with Gasteiger partial charge >= 0.3 is 0 Å². The number of halogens is 2. The van der Waals surface area contributed by atoms with Crippen LogP contribution in [0.15, 0.2) is 12.1 Å². The molecule has 1 aliphatic heterocycles. The Labute approximate surface area is 115 Å². The standard InChI is InChI=1S/C12H13Cl2NO3/c1-15-3-2-10(12(15)17)18-11-7(6-16)4-8(13)5-9(11)14/h4-5,10,16H,2-3,6H2,1H3. The molecule has 0 radical (unpaired) electrons. The van der Waals surface area contributed by atoms with E-state index in [0.29, 0.717) is 34.3 Å². The van der Waals surface area contributed by atoms with E-state index in [1.54, 1.807) is 18.0 Å². The molecular weight excluding hydrogens is 277 g/mol. The van der Waals surface area contributed by atoms with Gasteiger partial charge < -0.3 is 14.7 Å². The summed E-state index contributed by atoms with van der Waals surface area (Å²) < 4.78 is 5.62. The minimum Gasteiger partial charge on any atom is -0.479 e. The second-order valence-electron chi connectivity index (χ2n) is 4.19. The number of hydrogen-bond donors (Lipinski definition) is 1. The third-order valence-corrected chi connectivity index (χ3v) is 3.39. The van der Waals surface area contributed by atoms with E-state index in [9.17, 15) is 9.90 Å². The molecule has 1 aliphatic rings. The Kier molecular flexibility index (Phi) is 4.00. The molecule has 2 rings (SSSR count). The molecule has 1 unspecified atom stereocenters. The highest BCUT2D eigenvalue weighted by atomic mass is 35.5. The van der Waals surface area contributed by atoms with Crippen LogP contribution in [0.5, 0.6) is 5.75 Å². The van der Waals surface area contributed by atoms with Gasteiger partial charge in [0.25, 0.3) is 5.91 Å². The molecule has 0 aliphatic carbocycles. The van der Waals surface area contributed by atoms with Gasteiger partial charge in [0.05, 0.1) is 11.6 Å². The summed E-state index contributed by atoms with van der Waals surface area (Å²) in [6, 6.07) is 3.10. The van der Waals surface area contributed by atoms with Crippen LogP contribution < -0.4 is 4.74 Å². The van der Waals surface area contributed by atoms with Crippen molar-refractivity contribution in [2.45, 2.75) is 19.1 Å². The molecule has 4 nitrogen and oxygen atoms in total. The van der Waals surface area contributed by atoms with E-state index in [0.717, 1.165) is 0 Å². The summed E-state index contributed by atoms with van der Waals surface area (Å²) in [6.07, 6.45) is 0.0677.